The number of likely N-dealkylation sites (tertiary alicyclic amines) is 1. The van der Waals surface area contributed by atoms with Crippen LogP contribution in [0.3, 0.4) is 0 Å². The summed E-state index contributed by atoms with van der Waals surface area (Å²) in [6.45, 7) is 1.02. The van der Waals surface area contributed by atoms with Crippen LogP contribution in [0.5, 0.6) is 0 Å². The van der Waals surface area contributed by atoms with Crippen LogP contribution in [0.2, 0.25) is 0 Å². The number of aromatic nitrogens is 2. The number of rotatable bonds is 4. The van der Waals surface area contributed by atoms with E-state index >= 15 is 0 Å². The van der Waals surface area contributed by atoms with Gasteiger partial charge in [-0.1, -0.05) is 12.1 Å². The number of benzene rings is 1. The highest BCUT2D eigenvalue weighted by Crippen LogP contribution is 2.23. The Bertz CT molecular complexity index is 821. The Hall–Kier alpha value is -3.16. The number of hydrogen-bond acceptors (Lipinski definition) is 6. The molecule has 1 aliphatic heterocycles. The molecule has 0 aliphatic carbocycles. The fourth-order valence-electron chi connectivity index (χ4n) is 3.10. The number of hydrogen-bond donors (Lipinski definition) is 3. The van der Waals surface area contributed by atoms with Gasteiger partial charge in [-0.2, -0.15) is 4.98 Å². The van der Waals surface area contributed by atoms with Crippen LogP contribution in [-0.2, 0) is 4.79 Å². The summed E-state index contributed by atoms with van der Waals surface area (Å²) < 4.78 is 0. The van der Waals surface area contributed by atoms with Crippen molar-refractivity contribution in [2.45, 2.75) is 12.8 Å². The van der Waals surface area contributed by atoms with Crippen molar-refractivity contribution in [1.29, 1.82) is 0 Å². The van der Waals surface area contributed by atoms with E-state index in [-0.39, 0.29) is 23.7 Å². The molecule has 2 amide bonds. The summed E-state index contributed by atoms with van der Waals surface area (Å²) >= 11 is 0. The topological polar surface area (TPSA) is 127 Å². The van der Waals surface area contributed by atoms with Crippen molar-refractivity contribution in [3.63, 3.8) is 0 Å². The first kappa shape index (κ1) is 17.7. The molecule has 1 fully saturated rings. The van der Waals surface area contributed by atoms with Crippen LogP contribution in [0, 0.1) is 5.92 Å². The summed E-state index contributed by atoms with van der Waals surface area (Å²) in [6, 6.07) is 8.94. The zero-order valence-electron chi connectivity index (χ0n) is 14.6. The highest BCUT2D eigenvalue weighted by atomic mass is 16.2. The Balaban J connectivity index is 1.78. The van der Waals surface area contributed by atoms with E-state index < -0.39 is 0 Å². The number of anilines is 2. The Morgan fingerprint density at radius 1 is 1.23 bits per heavy atom. The van der Waals surface area contributed by atoms with E-state index in [9.17, 15) is 9.59 Å². The van der Waals surface area contributed by atoms with Crippen molar-refractivity contribution in [3.8, 4) is 11.3 Å². The first-order valence-electron chi connectivity index (χ1n) is 8.49. The summed E-state index contributed by atoms with van der Waals surface area (Å²) in [7, 11) is 1.76. The van der Waals surface area contributed by atoms with E-state index in [2.05, 4.69) is 15.3 Å². The molecular weight excluding hydrogens is 332 g/mol. The van der Waals surface area contributed by atoms with E-state index in [4.69, 9.17) is 11.5 Å². The number of piperidine rings is 1. The number of nitrogens with one attached hydrogen (secondary N) is 1. The lowest BCUT2D eigenvalue weighted by Crippen LogP contribution is -2.44. The zero-order chi connectivity index (χ0) is 18.7. The van der Waals surface area contributed by atoms with Crippen molar-refractivity contribution in [2.24, 2.45) is 11.7 Å². The number of carbonyl (C=O) groups is 2. The van der Waals surface area contributed by atoms with Crippen molar-refractivity contribution in [3.05, 3.63) is 35.9 Å². The minimum absolute atomic E-state index is 0.0967. The molecule has 8 heteroatoms. The van der Waals surface area contributed by atoms with Crippen molar-refractivity contribution < 1.29 is 9.59 Å². The second-order valence-corrected chi connectivity index (χ2v) is 6.32. The molecule has 8 nitrogen and oxygen atoms in total. The first-order valence-corrected chi connectivity index (χ1v) is 8.49. The van der Waals surface area contributed by atoms with Crippen LogP contribution in [0.4, 0.5) is 11.8 Å². The molecule has 1 aromatic carbocycles. The summed E-state index contributed by atoms with van der Waals surface area (Å²) in [5.41, 5.74) is 13.2. The van der Waals surface area contributed by atoms with Crippen LogP contribution >= 0.6 is 0 Å². The normalized spacial score (nSPS) is 17.0. The fourth-order valence-corrected chi connectivity index (χ4v) is 3.10. The second-order valence-electron chi connectivity index (χ2n) is 6.32. The Morgan fingerprint density at radius 3 is 2.62 bits per heavy atom. The van der Waals surface area contributed by atoms with Gasteiger partial charge in [-0.25, -0.2) is 4.98 Å². The molecule has 26 heavy (non-hydrogen) atoms. The maximum Gasteiger partial charge on any atom is 0.253 e. The summed E-state index contributed by atoms with van der Waals surface area (Å²) in [5.74, 6) is 0.0901. The van der Waals surface area contributed by atoms with Gasteiger partial charge in [-0.3, -0.25) is 9.59 Å². The number of amides is 2. The van der Waals surface area contributed by atoms with Crippen LogP contribution < -0.4 is 16.8 Å². The Kier molecular flexibility index (Phi) is 5.01. The predicted octanol–water partition coefficient (Wildman–Crippen LogP) is 1.10. The van der Waals surface area contributed by atoms with Gasteiger partial charge in [0, 0.05) is 37.3 Å². The number of carbonyl (C=O) groups excluding carboxylic acids is 2. The van der Waals surface area contributed by atoms with Crippen molar-refractivity contribution in [2.75, 3.05) is 31.2 Å². The second kappa shape index (κ2) is 7.38. The van der Waals surface area contributed by atoms with Gasteiger partial charge in [0.1, 0.15) is 5.82 Å². The summed E-state index contributed by atoms with van der Waals surface area (Å²) in [6.07, 6.45) is 1.52. The quantitative estimate of drug-likeness (QED) is 0.754. The SMILES string of the molecule is CNc1cc(-c2ccc(C(=O)N3CCC[C@H](C(N)=O)C3)cc2)nc(N)n1. The van der Waals surface area contributed by atoms with Gasteiger partial charge < -0.3 is 21.7 Å². The summed E-state index contributed by atoms with van der Waals surface area (Å²) in [4.78, 5) is 34.1. The molecule has 5 N–H and O–H groups in total. The predicted molar refractivity (Wildman–Crippen MR) is 99.2 cm³/mol. The van der Waals surface area contributed by atoms with Crippen molar-refractivity contribution >= 4 is 23.6 Å². The van der Waals surface area contributed by atoms with E-state index in [1.165, 1.54) is 0 Å². The smallest absolute Gasteiger partial charge is 0.253 e. The lowest BCUT2D eigenvalue weighted by atomic mass is 9.96. The van der Waals surface area contributed by atoms with Crippen LogP contribution in [-0.4, -0.2) is 46.8 Å². The Labute approximate surface area is 151 Å². The molecule has 0 spiro atoms. The molecule has 3 rings (SSSR count). The standard InChI is InChI=1S/C18H22N6O2/c1-21-15-9-14(22-18(20)23-15)11-4-6-12(7-5-11)17(26)24-8-2-3-13(10-24)16(19)25/h4-7,9,13H,2-3,8,10H2,1H3,(H2,19,25)(H3,20,21,22,23)/t13-/m0/s1. The van der Waals surface area contributed by atoms with Gasteiger partial charge >= 0.3 is 0 Å². The molecule has 0 bridgehead atoms. The zero-order valence-corrected chi connectivity index (χ0v) is 14.6. The highest BCUT2D eigenvalue weighted by Gasteiger charge is 2.27. The van der Waals surface area contributed by atoms with E-state index in [1.807, 2.05) is 12.1 Å². The highest BCUT2D eigenvalue weighted by molar-refractivity contribution is 5.95. The van der Waals surface area contributed by atoms with E-state index in [1.54, 1.807) is 30.1 Å². The number of nitrogens with zero attached hydrogens (tertiary/aromatic N) is 3. The fraction of sp³-hybridized carbons (Fsp3) is 0.333. The molecule has 136 valence electrons. The maximum atomic E-state index is 12.7. The van der Waals surface area contributed by atoms with Crippen LogP contribution in [0.1, 0.15) is 23.2 Å². The molecule has 0 saturated carbocycles. The monoisotopic (exact) mass is 354 g/mol. The molecule has 1 aliphatic rings. The van der Waals surface area contributed by atoms with E-state index in [0.717, 1.165) is 18.4 Å². The Morgan fingerprint density at radius 2 is 1.96 bits per heavy atom. The molecule has 1 aromatic heterocycles. The number of nitrogens with two attached hydrogens (primary N) is 2. The molecule has 0 unspecified atom stereocenters. The molecule has 1 saturated heterocycles. The molecule has 0 radical (unpaired) electrons. The average Bonchev–Trinajstić information content (AvgIpc) is 2.67. The van der Waals surface area contributed by atoms with Gasteiger partial charge in [-0.15, -0.1) is 0 Å². The van der Waals surface area contributed by atoms with Crippen LogP contribution in [0.15, 0.2) is 30.3 Å². The van der Waals surface area contributed by atoms with Gasteiger partial charge in [0.25, 0.3) is 5.91 Å². The molecule has 1 atom stereocenters. The average molecular weight is 354 g/mol. The lowest BCUT2D eigenvalue weighted by Gasteiger charge is -2.31. The maximum absolute atomic E-state index is 12.7. The minimum atomic E-state index is -0.348. The third-order valence-corrected chi connectivity index (χ3v) is 4.54. The third-order valence-electron chi connectivity index (χ3n) is 4.54. The number of nitrogen functional groups attached to an aromatic ring is 1. The minimum Gasteiger partial charge on any atom is -0.373 e. The van der Waals surface area contributed by atoms with E-state index in [0.29, 0.717) is 30.2 Å². The molecule has 2 aromatic rings. The van der Waals surface area contributed by atoms with Crippen LogP contribution in [0.25, 0.3) is 11.3 Å². The van der Waals surface area contributed by atoms with Crippen molar-refractivity contribution in [1.82, 2.24) is 14.9 Å². The molecule has 2 heterocycles. The summed E-state index contributed by atoms with van der Waals surface area (Å²) in [5, 5.41) is 2.93. The third kappa shape index (κ3) is 3.74. The number of primary amides is 1. The molecular formula is C18H22N6O2. The van der Waals surface area contributed by atoms with Gasteiger partial charge in [0.2, 0.25) is 11.9 Å². The van der Waals surface area contributed by atoms with Gasteiger partial charge in [0.05, 0.1) is 11.6 Å². The van der Waals surface area contributed by atoms with Gasteiger partial charge in [-0.05, 0) is 25.0 Å². The largest absolute Gasteiger partial charge is 0.373 e. The first-order chi connectivity index (χ1) is 12.5. The van der Waals surface area contributed by atoms with Gasteiger partial charge in [0.15, 0.2) is 0 Å². The lowest BCUT2D eigenvalue weighted by molar-refractivity contribution is -0.123.